The van der Waals surface area contributed by atoms with Gasteiger partial charge >= 0.3 is 0 Å². The van der Waals surface area contributed by atoms with Gasteiger partial charge < -0.3 is 14.4 Å². The molecule has 3 amide bonds. The predicted molar refractivity (Wildman–Crippen MR) is 107 cm³/mol. The van der Waals surface area contributed by atoms with E-state index in [9.17, 15) is 22.8 Å². The van der Waals surface area contributed by atoms with Crippen molar-refractivity contribution >= 4 is 38.8 Å². The van der Waals surface area contributed by atoms with Crippen LogP contribution < -0.4 is 14.8 Å². The molecule has 162 valence electrons. The third-order valence-corrected chi connectivity index (χ3v) is 7.95. The van der Waals surface area contributed by atoms with Crippen LogP contribution in [-0.2, 0) is 19.6 Å². The highest BCUT2D eigenvalue weighted by atomic mass is 32.2. The van der Waals surface area contributed by atoms with Gasteiger partial charge in [0, 0.05) is 45.1 Å². The quantitative estimate of drug-likeness (QED) is 0.693. The molecule has 10 nitrogen and oxygen atoms in total. The molecule has 0 bridgehead atoms. The number of imide groups is 1. The maximum atomic E-state index is 13.0. The number of amides is 3. The molecule has 1 N–H and O–H groups in total. The first-order valence-corrected chi connectivity index (χ1v) is 11.9. The summed E-state index contributed by atoms with van der Waals surface area (Å²) in [5.74, 6) is 0.192. The molecular weight excluding hydrogens is 434 g/mol. The fraction of sp³-hybridized carbons (Fsp3) is 0.500. The van der Waals surface area contributed by atoms with Crippen LogP contribution in [0.15, 0.2) is 23.1 Å². The minimum absolute atomic E-state index is 0.0862. The lowest BCUT2D eigenvalue weighted by molar-refractivity contribution is -0.134. The number of hydrogen-bond donors (Lipinski definition) is 1. The van der Waals surface area contributed by atoms with E-state index in [1.54, 1.807) is 6.07 Å². The Bertz CT molecular complexity index is 974. The van der Waals surface area contributed by atoms with Crippen molar-refractivity contribution in [3.8, 4) is 11.5 Å². The summed E-state index contributed by atoms with van der Waals surface area (Å²) in [6.07, 6.45) is 0.638. The van der Waals surface area contributed by atoms with Gasteiger partial charge in [-0.15, -0.1) is 0 Å². The number of carbonyl (C=O) groups excluding carboxylic acids is 3. The van der Waals surface area contributed by atoms with Crippen LogP contribution in [0.25, 0.3) is 0 Å². The molecule has 0 aromatic heterocycles. The van der Waals surface area contributed by atoms with Gasteiger partial charge in [0.1, 0.15) is 5.25 Å². The molecule has 2 fully saturated rings. The molecule has 1 aromatic rings. The van der Waals surface area contributed by atoms with E-state index in [1.165, 1.54) is 21.3 Å². The van der Waals surface area contributed by atoms with Gasteiger partial charge in [-0.2, -0.15) is 4.31 Å². The average molecular weight is 456 g/mol. The first-order chi connectivity index (χ1) is 14.3. The molecule has 4 rings (SSSR count). The van der Waals surface area contributed by atoms with Crippen LogP contribution in [0.3, 0.4) is 0 Å². The average Bonchev–Trinajstić information content (AvgIpc) is 2.92. The number of benzene rings is 1. The molecule has 0 spiro atoms. The lowest BCUT2D eigenvalue weighted by atomic mass is 10.2. The molecular formula is C18H21N3O7S2. The molecule has 0 unspecified atom stereocenters. The molecule has 0 aliphatic carbocycles. The van der Waals surface area contributed by atoms with E-state index in [0.717, 1.165) is 18.2 Å². The van der Waals surface area contributed by atoms with Crippen molar-refractivity contribution < 1.29 is 32.3 Å². The number of piperazine rings is 1. The number of sulfonamides is 1. The Kier molecular flexibility index (Phi) is 5.89. The van der Waals surface area contributed by atoms with Crippen molar-refractivity contribution in [2.24, 2.45) is 0 Å². The standard InChI is InChI=1S/C18H21N3O7S2/c22-16(11-15-17(23)19-18(24)29-15)20-4-6-21(7-5-20)30(25,26)12-2-3-13-14(10-12)28-9-1-8-27-13/h2-3,10,15H,1,4-9,11H2,(H,19,23,24)/t15-/m1/s1. The second-order valence-corrected chi connectivity index (χ2v) is 10.1. The molecule has 1 aromatic carbocycles. The Labute approximate surface area is 177 Å². The van der Waals surface area contributed by atoms with Gasteiger partial charge in [0.2, 0.25) is 21.8 Å². The molecule has 0 radical (unpaired) electrons. The van der Waals surface area contributed by atoms with Crippen molar-refractivity contribution in [1.82, 2.24) is 14.5 Å². The lowest BCUT2D eigenvalue weighted by Crippen LogP contribution is -2.51. The smallest absolute Gasteiger partial charge is 0.286 e. The third kappa shape index (κ3) is 4.25. The molecule has 12 heteroatoms. The number of carbonyl (C=O) groups is 3. The number of thioether (sulfide) groups is 1. The summed E-state index contributed by atoms with van der Waals surface area (Å²) < 4.78 is 38.5. The van der Waals surface area contributed by atoms with Crippen LogP contribution in [0, 0.1) is 0 Å². The van der Waals surface area contributed by atoms with Crippen LogP contribution in [0.1, 0.15) is 12.8 Å². The topological polar surface area (TPSA) is 122 Å². The van der Waals surface area contributed by atoms with Gasteiger partial charge in [0.15, 0.2) is 11.5 Å². The highest BCUT2D eigenvalue weighted by Crippen LogP contribution is 2.33. The fourth-order valence-electron chi connectivity index (χ4n) is 3.45. The highest BCUT2D eigenvalue weighted by molar-refractivity contribution is 8.15. The van der Waals surface area contributed by atoms with Crippen molar-refractivity contribution in [3.63, 3.8) is 0 Å². The normalized spacial score (nSPS) is 22.5. The van der Waals surface area contributed by atoms with Crippen LogP contribution in [0.2, 0.25) is 0 Å². The zero-order valence-electron chi connectivity index (χ0n) is 16.0. The van der Waals surface area contributed by atoms with Gasteiger partial charge in [0.25, 0.3) is 5.24 Å². The number of nitrogens with one attached hydrogen (secondary N) is 1. The van der Waals surface area contributed by atoms with E-state index in [-0.39, 0.29) is 43.4 Å². The third-order valence-electron chi connectivity index (χ3n) is 5.08. The predicted octanol–water partition coefficient (Wildman–Crippen LogP) is 0.422. The van der Waals surface area contributed by atoms with Crippen LogP contribution in [0.4, 0.5) is 4.79 Å². The van der Waals surface area contributed by atoms with Crippen molar-refractivity contribution in [3.05, 3.63) is 18.2 Å². The van der Waals surface area contributed by atoms with Crippen LogP contribution in [0.5, 0.6) is 11.5 Å². The van der Waals surface area contributed by atoms with Gasteiger partial charge in [-0.1, -0.05) is 11.8 Å². The fourth-order valence-corrected chi connectivity index (χ4v) is 5.69. The second-order valence-electron chi connectivity index (χ2n) is 7.03. The Morgan fingerprint density at radius 3 is 2.47 bits per heavy atom. The summed E-state index contributed by atoms with van der Waals surface area (Å²) in [5, 5.41) is 0.971. The first-order valence-electron chi connectivity index (χ1n) is 9.53. The highest BCUT2D eigenvalue weighted by Gasteiger charge is 2.36. The largest absolute Gasteiger partial charge is 0.490 e. The zero-order valence-corrected chi connectivity index (χ0v) is 17.7. The Hall–Kier alpha value is -2.31. The lowest BCUT2D eigenvalue weighted by Gasteiger charge is -2.34. The maximum Gasteiger partial charge on any atom is 0.286 e. The minimum Gasteiger partial charge on any atom is -0.490 e. The molecule has 1 atom stereocenters. The summed E-state index contributed by atoms with van der Waals surface area (Å²) in [5.41, 5.74) is 0. The van der Waals surface area contributed by atoms with E-state index in [0.29, 0.717) is 24.7 Å². The van der Waals surface area contributed by atoms with Gasteiger partial charge in [-0.3, -0.25) is 19.7 Å². The maximum absolute atomic E-state index is 13.0. The van der Waals surface area contributed by atoms with Crippen molar-refractivity contribution in [1.29, 1.82) is 0 Å². The van der Waals surface area contributed by atoms with Crippen LogP contribution >= 0.6 is 11.8 Å². The number of hydrogen-bond acceptors (Lipinski definition) is 8. The summed E-state index contributed by atoms with van der Waals surface area (Å²) in [4.78, 5) is 37.0. The SMILES string of the molecule is O=C1NC(=O)[C@@H](CC(=O)N2CCN(S(=O)(=O)c3ccc4c(c3)OCCCO4)CC2)S1. The Morgan fingerprint density at radius 1 is 1.10 bits per heavy atom. The van der Waals surface area contributed by atoms with E-state index in [1.807, 2.05) is 0 Å². The molecule has 30 heavy (non-hydrogen) atoms. The molecule has 0 saturated carbocycles. The minimum atomic E-state index is -3.75. The van der Waals surface area contributed by atoms with Crippen molar-refractivity contribution in [2.75, 3.05) is 39.4 Å². The summed E-state index contributed by atoms with van der Waals surface area (Å²) >= 11 is 0.805. The second kappa shape index (κ2) is 8.44. The molecule has 3 heterocycles. The number of ether oxygens (including phenoxy) is 2. The van der Waals surface area contributed by atoms with E-state index in [4.69, 9.17) is 9.47 Å². The van der Waals surface area contributed by atoms with Gasteiger partial charge in [-0.25, -0.2) is 8.42 Å². The molecule has 2 saturated heterocycles. The van der Waals surface area contributed by atoms with E-state index >= 15 is 0 Å². The molecule has 3 aliphatic rings. The van der Waals surface area contributed by atoms with Gasteiger partial charge in [-0.05, 0) is 12.1 Å². The number of nitrogens with zero attached hydrogens (tertiary/aromatic N) is 2. The van der Waals surface area contributed by atoms with E-state index < -0.39 is 26.4 Å². The Balaban J connectivity index is 1.38. The summed E-state index contributed by atoms with van der Waals surface area (Å²) in [6, 6.07) is 4.56. The summed E-state index contributed by atoms with van der Waals surface area (Å²) in [7, 11) is -3.75. The van der Waals surface area contributed by atoms with Crippen molar-refractivity contribution in [2.45, 2.75) is 23.0 Å². The van der Waals surface area contributed by atoms with Crippen LogP contribution in [-0.4, -0.2) is 79.3 Å². The van der Waals surface area contributed by atoms with Gasteiger partial charge in [0.05, 0.1) is 18.1 Å². The monoisotopic (exact) mass is 455 g/mol. The first kappa shape index (κ1) is 20.9. The molecule has 3 aliphatic heterocycles. The zero-order chi connectivity index (χ0) is 21.3. The number of fused-ring (bicyclic) bond motifs is 1. The van der Waals surface area contributed by atoms with E-state index in [2.05, 4.69) is 5.32 Å². The number of rotatable bonds is 4. The summed E-state index contributed by atoms with van der Waals surface area (Å²) in [6.45, 7) is 1.70. The Morgan fingerprint density at radius 2 is 1.80 bits per heavy atom.